The van der Waals surface area contributed by atoms with Crippen LogP contribution in [-0.4, -0.2) is 40.6 Å². The summed E-state index contributed by atoms with van der Waals surface area (Å²) in [7, 11) is 3.29. The number of ether oxygens (including phenoxy) is 2. The van der Waals surface area contributed by atoms with E-state index >= 15 is 0 Å². The lowest BCUT2D eigenvalue weighted by molar-refractivity contribution is 0.238. The van der Waals surface area contributed by atoms with Crippen molar-refractivity contribution in [3.63, 3.8) is 0 Å². The number of H-pyrrole nitrogens is 1. The average Bonchev–Trinajstić information content (AvgIpc) is 2.75. The van der Waals surface area contributed by atoms with Gasteiger partial charge in [-0.2, -0.15) is 0 Å². The third-order valence-corrected chi connectivity index (χ3v) is 4.97. The number of aromatic amines is 1. The maximum Gasteiger partial charge on any atom is 0.255 e. The lowest BCUT2D eigenvalue weighted by Crippen LogP contribution is -2.35. The number of rotatable bonds is 5. The number of hydrogen-bond donors (Lipinski definition) is 1. The highest BCUT2D eigenvalue weighted by Gasteiger charge is 2.22. The first-order valence-electron chi connectivity index (χ1n) is 9.13. The van der Waals surface area contributed by atoms with E-state index in [1.165, 1.54) is 0 Å². The molecule has 0 radical (unpaired) electrons. The van der Waals surface area contributed by atoms with Crippen LogP contribution in [0.1, 0.15) is 16.8 Å². The second-order valence-corrected chi connectivity index (χ2v) is 6.72. The van der Waals surface area contributed by atoms with Crippen LogP contribution in [0.25, 0.3) is 11.4 Å². The zero-order valence-electron chi connectivity index (χ0n) is 15.9. The Labute approximate surface area is 163 Å². The minimum atomic E-state index is -0.0877. The first-order valence-corrected chi connectivity index (χ1v) is 9.13. The molecule has 7 nitrogen and oxygen atoms in total. The Morgan fingerprint density at radius 1 is 1.21 bits per heavy atom. The number of fused-ring (bicyclic) bond motifs is 1. The number of aromatic nitrogens is 3. The van der Waals surface area contributed by atoms with Crippen LogP contribution in [0, 0.1) is 0 Å². The van der Waals surface area contributed by atoms with Gasteiger partial charge in [0, 0.05) is 55.6 Å². The summed E-state index contributed by atoms with van der Waals surface area (Å²) in [6.07, 6.45) is 4.13. The van der Waals surface area contributed by atoms with Crippen molar-refractivity contribution in [1.29, 1.82) is 0 Å². The van der Waals surface area contributed by atoms with Gasteiger partial charge in [-0.25, -0.2) is 4.98 Å². The highest BCUT2D eigenvalue weighted by atomic mass is 16.5. The molecular weight excluding hydrogens is 356 g/mol. The predicted octanol–water partition coefficient (Wildman–Crippen LogP) is 2.41. The number of hydrogen-bond acceptors (Lipinski definition) is 6. The van der Waals surface area contributed by atoms with Gasteiger partial charge < -0.3 is 14.5 Å². The number of pyridine rings is 1. The standard InChI is InChI=1S/C21H22N4O3/c1-27-16-6-5-15(19(10-16)28-2)12-25-9-7-18-17(13-25)21(26)24-20(23-18)14-4-3-8-22-11-14/h3-6,8,10-11H,7,9,12-13H2,1-2H3,(H,23,24,26). The maximum absolute atomic E-state index is 12.7. The number of nitrogens with one attached hydrogen (secondary N) is 1. The summed E-state index contributed by atoms with van der Waals surface area (Å²) in [5, 5.41) is 0. The van der Waals surface area contributed by atoms with Crippen LogP contribution in [0.2, 0.25) is 0 Å². The molecule has 0 atom stereocenters. The van der Waals surface area contributed by atoms with Gasteiger partial charge in [0.15, 0.2) is 0 Å². The Morgan fingerprint density at radius 3 is 2.86 bits per heavy atom. The smallest absolute Gasteiger partial charge is 0.255 e. The van der Waals surface area contributed by atoms with E-state index in [2.05, 4.69) is 19.9 Å². The summed E-state index contributed by atoms with van der Waals surface area (Å²) >= 11 is 0. The zero-order chi connectivity index (χ0) is 19.5. The van der Waals surface area contributed by atoms with Gasteiger partial charge in [0.2, 0.25) is 0 Å². The van der Waals surface area contributed by atoms with Gasteiger partial charge in [-0.05, 0) is 18.2 Å². The lowest BCUT2D eigenvalue weighted by Gasteiger charge is -2.28. The molecule has 1 aromatic carbocycles. The van der Waals surface area contributed by atoms with Gasteiger partial charge in [0.25, 0.3) is 5.56 Å². The van der Waals surface area contributed by atoms with E-state index in [1.807, 2.05) is 30.3 Å². The maximum atomic E-state index is 12.7. The summed E-state index contributed by atoms with van der Waals surface area (Å²) < 4.78 is 10.8. The van der Waals surface area contributed by atoms with Crippen LogP contribution < -0.4 is 15.0 Å². The first-order chi connectivity index (χ1) is 13.7. The topological polar surface area (TPSA) is 80.3 Å². The highest BCUT2D eigenvalue weighted by Crippen LogP contribution is 2.27. The first kappa shape index (κ1) is 18.2. The van der Waals surface area contributed by atoms with Crippen molar-refractivity contribution in [1.82, 2.24) is 19.9 Å². The molecule has 0 saturated carbocycles. The fourth-order valence-electron chi connectivity index (χ4n) is 3.48. The van der Waals surface area contributed by atoms with E-state index in [0.717, 1.165) is 46.8 Å². The molecule has 28 heavy (non-hydrogen) atoms. The van der Waals surface area contributed by atoms with Crippen LogP contribution in [0.3, 0.4) is 0 Å². The molecule has 0 unspecified atom stereocenters. The number of methoxy groups -OCH3 is 2. The SMILES string of the molecule is COc1ccc(CN2CCc3nc(-c4cccnc4)[nH]c(=O)c3C2)c(OC)c1. The highest BCUT2D eigenvalue weighted by molar-refractivity contribution is 5.53. The molecule has 0 bridgehead atoms. The van der Waals surface area contributed by atoms with Crippen LogP contribution in [-0.2, 0) is 19.5 Å². The van der Waals surface area contributed by atoms with E-state index in [-0.39, 0.29) is 5.56 Å². The molecule has 3 aromatic rings. The largest absolute Gasteiger partial charge is 0.497 e. The van der Waals surface area contributed by atoms with Crippen molar-refractivity contribution >= 4 is 0 Å². The number of benzene rings is 1. The molecule has 0 fully saturated rings. The molecule has 3 heterocycles. The lowest BCUT2D eigenvalue weighted by atomic mass is 10.1. The van der Waals surface area contributed by atoms with Crippen molar-refractivity contribution in [2.75, 3.05) is 20.8 Å². The molecular formula is C21H22N4O3. The molecule has 0 amide bonds. The summed E-state index contributed by atoms with van der Waals surface area (Å²) in [5.74, 6) is 2.11. The third kappa shape index (κ3) is 3.61. The quantitative estimate of drug-likeness (QED) is 0.734. The minimum Gasteiger partial charge on any atom is -0.497 e. The van der Waals surface area contributed by atoms with E-state index in [0.29, 0.717) is 18.9 Å². The Bertz CT molecular complexity index is 1030. The Balaban J connectivity index is 1.57. The van der Waals surface area contributed by atoms with Gasteiger partial charge in [0.1, 0.15) is 17.3 Å². The molecule has 0 saturated heterocycles. The molecule has 1 N–H and O–H groups in total. The molecule has 4 rings (SSSR count). The predicted molar refractivity (Wildman–Crippen MR) is 105 cm³/mol. The van der Waals surface area contributed by atoms with E-state index in [1.54, 1.807) is 26.6 Å². The molecule has 144 valence electrons. The summed E-state index contributed by atoms with van der Waals surface area (Å²) in [6.45, 7) is 2.07. The van der Waals surface area contributed by atoms with Gasteiger partial charge in [-0.1, -0.05) is 6.07 Å². The third-order valence-electron chi connectivity index (χ3n) is 4.97. The van der Waals surface area contributed by atoms with Gasteiger partial charge in [0.05, 0.1) is 25.5 Å². The monoisotopic (exact) mass is 378 g/mol. The van der Waals surface area contributed by atoms with Crippen LogP contribution in [0.4, 0.5) is 0 Å². The molecule has 0 aliphatic carbocycles. The molecule has 1 aliphatic heterocycles. The van der Waals surface area contributed by atoms with Gasteiger partial charge in [-0.3, -0.25) is 14.7 Å². The molecule has 0 spiro atoms. The normalized spacial score (nSPS) is 13.8. The minimum absolute atomic E-state index is 0.0877. The Kier molecular flexibility index (Phi) is 5.08. The second kappa shape index (κ2) is 7.82. The van der Waals surface area contributed by atoms with Gasteiger partial charge in [-0.15, -0.1) is 0 Å². The molecule has 2 aromatic heterocycles. The Hall–Kier alpha value is -3.19. The van der Waals surface area contributed by atoms with Crippen LogP contribution in [0.15, 0.2) is 47.5 Å². The molecule has 1 aliphatic rings. The van der Waals surface area contributed by atoms with Crippen molar-refractivity contribution in [3.8, 4) is 22.9 Å². The molecule has 7 heteroatoms. The summed E-state index contributed by atoms with van der Waals surface area (Å²) in [5.41, 5.74) is 3.37. The fraction of sp³-hybridized carbons (Fsp3) is 0.286. The van der Waals surface area contributed by atoms with Crippen molar-refractivity contribution in [2.45, 2.75) is 19.5 Å². The Morgan fingerprint density at radius 2 is 2.11 bits per heavy atom. The number of nitrogens with zero attached hydrogens (tertiary/aromatic N) is 3. The van der Waals surface area contributed by atoms with Gasteiger partial charge >= 0.3 is 0 Å². The summed E-state index contributed by atoms with van der Waals surface area (Å²) in [6, 6.07) is 9.52. The van der Waals surface area contributed by atoms with Crippen LogP contribution >= 0.6 is 0 Å². The van der Waals surface area contributed by atoms with Crippen molar-refractivity contribution in [2.24, 2.45) is 0 Å². The zero-order valence-corrected chi connectivity index (χ0v) is 15.9. The van der Waals surface area contributed by atoms with E-state index < -0.39 is 0 Å². The van der Waals surface area contributed by atoms with E-state index in [9.17, 15) is 4.79 Å². The average molecular weight is 378 g/mol. The van der Waals surface area contributed by atoms with Crippen molar-refractivity contribution in [3.05, 3.63) is 69.9 Å². The van der Waals surface area contributed by atoms with E-state index in [4.69, 9.17) is 9.47 Å². The van der Waals surface area contributed by atoms with Crippen LogP contribution in [0.5, 0.6) is 11.5 Å². The summed E-state index contributed by atoms with van der Waals surface area (Å²) in [4.78, 5) is 26.6. The second-order valence-electron chi connectivity index (χ2n) is 6.72. The fourth-order valence-corrected chi connectivity index (χ4v) is 3.48. The van der Waals surface area contributed by atoms with Crippen molar-refractivity contribution < 1.29 is 9.47 Å².